The molecule has 0 aliphatic carbocycles. The van der Waals surface area contributed by atoms with Gasteiger partial charge in [-0.25, -0.2) is 9.37 Å². The minimum atomic E-state index is -0.348. The van der Waals surface area contributed by atoms with Crippen molar-refractivity contribution in [3.05, 3.63) is 23.6 Å². The third-order valence-electron chi connectivity index (χ3n) is 3.03. The number of hydrogen-bond acceptors (Lipinski definition) is 4. The van der Waals surface area contributed by atoms with E-state index in [0.29, 0.717) is 19.0 Å². The molecule has 1 N–H and O–H groups in total. The molecule has 4 nitrogen and oxygen atoms in total. The summed E-state index contributed by atoms with van der Waals surface area (Å²) in [5, 5.41) is 2.97. The normalized spacial score (nSPS) is 11.9. The Morgan fingerprint density at radius 3 is 2.67 bits per heavy atom. The Labute approximate surface area is 108 Å². The molecule has 0 spiro atoms. The highest BCUT2D eigenvalue weighted by atomic mass is 19.1. The molecule has 18 heavy (non-hydrogen) atoms. The van der Waals surface area contributed by atoms with Gasteiger partial charge in [-0.3, -0.25) is 0 Å². The zero-order chi connectivity index (χ0) is 13.8. The van der Waals surface area contributed by atoms with Crippen molar-refractivity contribution in [3.63, 3.8) is 0 Å². The molecule has 102 valence electrons. The van der Waals surface area contributed by atoms with E-state index in [0.717, 1.165) is 5.56 Å². The number of pyridine rings is 1. The second-order valence-electron chi connectivity index (χ2n) is 5.14. The number of nitrogens with one attached hydrogen (secondary N) is 1. The van der Waals surface area contributed by atoms with Gasteiger partial charge in [0.15, 0.2) is 0 Å². The van der Waals surface area contributed by atoms with Crippen LogP contribution in [0.5, 0.6) is 5.88 Å². The largest absolute Gasteiger partial charge is 0.475 e. The van der Waals surface area contributed by atoms with Crippen LogP contribution in [0.2, 0.25) is 0 Å². The molecule has 0 unspecified atom stereocenters. The monoisotopic (exact) mass is 255 g/mol. The van der Waals surface area contributed by atoms with Crippen LogP contribution in [0.1, 0.15) is 19.4 Å². The topological polar surface area (TPSA) is 37.4 Å². The molecule has 1 aromatic heterocycles. The molecular weight excluding hydrogens is 233 g/mol. The molecule has 0 radical (unpaired) electrons. The first kappa shape index (κ1) is 14.9. The van der Waals surface area contributed by atoms with Crippen LogP contribution in [-0.2, 0) is 6.54 Å². The maximum Gasteiger partial charge on any atom is 0.218 e. The summed E-state index contributed by atoms with van der Waals surface area (Å²) in [5.41, 5.74) is 0.625. The number of hydrogen-bond donors (Lipinski definition) is 1. The van der Waals surface area contributed by atoms with E-state index in [1.54, 1.807) is 7.05 Å². The van der Waals surface area contributed by atoms with Crippen molar-refractivity contribution in [2.45, 2.75) is 25.9 Å². The van der Waals surface area contributed by atoms with Gasteiger partial charge < -0.3 is 15.0 Å². The quantitative estimate of drug-likeness (QED) is 0.839. The van der Waals surface area contributed by atoms with Crippen molar-refractivity contribution in [3.8, 4) is 5.88 Å². The summed E-state index contributed by atoms with van der Waals surface area (Å²) >= 11 is 0. The lowest BCUT2D eigenvalue weighted by Crippen LogP contribution is -2.43. The summed E-state index contributed by atoms with van der Waals surface area (Å²) in [6.07, 6.45) is 1.18. The molecule has 1 aromatic rings. The van der Waals surface area contributed by atoms with Crippen molar-refractivity contribution < 1.29 is 9.13 Å². The second-order valence-corrected chi connectivity index (χ2v) is 5.14. The minimum Gasteiger partial charge on any atom is -0.475 e. The van der Waals surface area contributed by atoms with E-state index in [4.69, 9.17) is 4.74 Å². The molecule has 0 atom stereocenters. The van der Waals surface area contributed by atoms with Gasteiger partial charge in [0, 0.05) is 17.6 Å². The molecule has 0 aliphatic rings. The van der Waals surface area contributed by atoms with E-state index in [2.05, 4.69) is 29.0 Å². The first-order chi connectivity index (χ1) is 8.36. The molecule has 1 rings (SSSR count). The lowest BCUT2D eigenvalue weighted by Gasteiger charge is -2.32. The summed E-state index contributed by atoms with van der Waals surface area (Å²) in [4.78, 5) is 6.08. The lowest BCUT2D eigenvalue weighted by atomic mass is 10.1. The van der Waals surface area contributed by atoms with Crippen molar-refractivity contribution >= 4 is 0 Å². The molecule has 0 bridgehead atoms. The second kappa shape index (κ2) is 6.11. The van der Waals surface area contributed by atoms with Crippen LogP contribution in [0, 0.1) is 5.82 Å². The van der Waals surface area contributed by atoms with E-state index in [1.165, 1.54) is 12.3 Å². The number of ether oxygens (including phenoxy) is 1. The summed E-state index contributed by atoms with van der Waals surface area (Å²) < 4.78 is 18.8. The molecule has 0 saturated carbocycles. The standard InChI is InChI=1S/C13H22FN3O/c1-13(2,17(4)5)9-18-12-10(7-15-3)6-11(14)8-16-12/h6,8,15H,7,9H2,1-5H3. The fourth-order valence-corrected chi connectivity index (χ4v) is 1.29. The maximum absolute atomic E-state index is 13.1. The Balaban J connectivity index is 2.78. The van der Waals surface area contributed by atoms with E-state index in [-0.39, 0.29) is 11.4 Å². The van der Waals surface area contributed by atoms with Gasteiger partial charge in [0.1, 0.15) is 12.4 Å². The molecule has 0 aromatic carbocycles. The van der Waals surface area contributed by atoms with Crippen molar-refractivity contribution in [1.29, 1.82) is 0 Å². The van der Waals surface area contributed by atoms with Crippen LogP contribution >= 0.6 is 0 Å². The fourth-order valence-electron chi connectivity index (χ4n) is 1.29. The Bertz CT molecular complexity index is 394. The number of likely N-dealkylation sites (N-methyl/N-ethyl adjacent to an activating group) is 1. The average Bonchev–Trinajstić information content (AvgIpc) is 2.28. The lowest BCUT2D eigenvalue weighted by molar-refractivity contribution is 0.110. The highest BCUT2D eigenvalue weighted by molar-refractivity contribution is 5.26. The third-order valence-corrected chi connectivity index (χ3v) is 3.03. The van der Waals surface area contributed by atoms with Gasteiger partial charge >= 0.3 is 0 Å². The molecule has 0 aliphatic heterocycles. The van der Waals surface area contributed by atoms with E-state index < -0.39 is 0 Å². The predicted octanol–water partition coefficient (Wildman–Crippen LogP) is 1.66. The predicted molar refractivity (Wildman–Crippen MR) is 70.2 cm³/mol. The number of halogens is 1. The first-order valence-corrected chi connectivity index (χ1v) is 5.96. The Morgan fingerprint density at radius 2 is 2.11 bits per heavy atom. The van der Waals surface area contributed by atoms with Crippen LogP contribution in [-0.4, -0.2) is 43.2 Å². The molecular formula is C13H22FN3O. The van der Waals surface area contributed by atoms with Gasteiger partial charge in [0.25, 0.3) is 0 Å². The smallest absolute Gasteiger partial charge is 0.218 e. The maximum atomic E-state index is 13.1. The van der Waals surface area contributed by atoms with Crippen molar-refractivity contribution in [2.75, 3.05) is 27.7 Å². The van der Waals surface area contributed by atoms with E-state index >= 15 is 0 Å². The summed E-state index contributed by atoms with van der Waals surface area (Å²) in [7, 11) is 5.80. The highest BCUT2D eigenvalue weighted by Crippen LogP contribution is 2.19. The van der Waals surface area contributed by atoms with Gasteiger partial charge in [0.05, 0.1) is 6.20 Å². The fraction of sp³-hybridized carbons (Fsp3) is 0.615. The van der Waals surface area contributed by atoms with Gasteiger partial charge in [-0.15, -0.1) is 0 Å². The van der Waals surface area contributed by atoms with Crippen LogP contribution < -0.4 is 10.1 Å². The summed E-state index contributed by atoms with van der Waals surface area (Å²) in [6, 6.07) is 1.45. The third kappa shape index (κ3) is 3.92. The molecule has 5 heteroatoms. The highest BCUT2D eigenvalue weighted by Gasteiger charge is 2.22. The SMILES string of the molecule is CNCc1cc(F)cnc1OCC(C)(C)N(C)C. The molecule has 0 amide bonds. The Hall–Kier alpha value is -1.20. The molecule has 1 heterocycles. The van der Waals surface area contributed by atoms with Crippen LogP contribution in [0.3, 0.4) is 0 Å². The zero-order valence-corrected chi connectivity index (χ0v) is 11.7. The molecule has 0 fully saturated rings. The Kier molecular flexibility index (Phi) is 5.04. The van der Waals surface area contributed by atoms with E-state index in [1.807, 2.05) is 14.1 Å². The minimum absolute atomic E-state index is 0.104. The van der Waals surface area contributed by atoms with Gasteiger partial charge in [-0.1, -0.05) is 0 Å². The average molecular weight is 255 g/mol. The van der Waals surface area contributed by atoms with Crippen LogP contribution in [0.4, 0.5) is 4.39 Å². The van der Waals surface area contributed by atoms with Gasteiger partial charge in [-0.05, 0) is 41.1 Å². The van der Waals surface area contributed by atoms with Crippen LogP contribution in [0.15, 0.2) is 12.3 Å². The van der Waals surface area contributed by atoms with Crippen LogP contribution in [0.25, 0.3) is 0 Å². The zero-order valence-electron chi connectivity index (χ0n) is 11.7. The molecule has 0 saturated heterocycles. The van der Waals surface area contributed by atoms with Gasteiger partial charge in [-0.2, -0.15) is 0 Å². The van der Waals surface area contributed by atoms with Crippen molar-refractivity contribution in [1.82, 2.24) is 15.2 Å². The van der Waals surface area contributed by atoms with Gasteiger partial charge in [0.2, 0.25) is 5.88 Å². The first-order valence-electron chi connectivity index (χ1n) is 5.96. The van der Waals surface area contributed by atoms with Crippen molar-refractivity contribution in [2.24, 2.45) is 0 Å². The number of rotatable bonds is 6. The number of nitrogens with zero attached hydrogens (tertiary/aromatic N) is 2. The summed E-state index contributed by atoms with van der Waals surface area (Å²) in [5.74, 6) is 0.139. The number of aromatic nitrogens is 1. The summed E-state index contributed by atoms with van der Waals surface area (Å²) in [6.45, 7) is 5.18. The van der Waals surface area contributed by atoms with E-state index in [9.17, 15) is 4.39 Å². The Morgan fingerprint density at radius 1 is 1.44 bits per heavy atom.